The molecule has 4 heterocycles. The Bertz CT molecular complexity index is 1700. The minimum atomic E-state index is 0.0150. The normalized spacial score (nSPS) is 14.7. The lowest BCUT2D eigenvalue weighted by Crippen LogP contribution is -2.47. The van der Waals surface area contributed by atoms with Crippen LogP contribution in [0.4, 0.5) is 11.8 Å². The number of aryl methyl sites for hydroxylation is 2. The zero-order valence-electron chi connectivity index (χ0n) is 25.5. The molecule has 0 spiro atoms. The van der Waals surface area contributed by atoms with Gasteiger partial charge in [-0.1, -0.05) is 18.2 Å². The molecule has 0 amide bonds. The van der Waals surface area contributed by atoms with Crippen LogP contribution in [0.15, 0.2) is 71.6 Å². The number of hydrogen-bond donors (Lipinski definition) is 2. The number of furan rings is 1. The monoisotopic (exact) mass is 593 g/mol. The number of nitrogens with one attached hydrogen (secondary N) is 1. The molecular formula is C34H39N7O3. The van der Waals surface area contributed by atoms with Crippen LogP contribution >= 0.6 is 0 Å². The van der Waals surface area contributed by atoms with Gasteiger partial charge in [0.25, 0.3) is 0 Å². The average Bonchev–Trinajstić information content (AvgIpc) is 3.43. The Hall–Kier alpha value is -4.38. The molecule has 1 unspecified atom stereocenters. The summed E-state index contributed by atoms with van der Waals surface area (Å²) < 4.78 is 11.0. The summed E-state index contributed by atoms with van der Waals surface area (Å²) in [5, 5.41) is 13.5. The van der Waals surface area contributed by atoms with E-state index in [-0.39, 0.29) is 12.6 Å². The highest BCUT2D eigenvalue weighted by atomic mass is 16.5. The van der Waals surface area contributed by atoms with Crippen LogP contribution in [0.2, 0.25) is 0 Å². The summed E-state index contributed by atoms with van der Waals surface area (Å²) in [5.74, 6) is 2.24. The number of aliphatic hydroxyl groups is 1. The molecule has 1 aliphatic heterocycles. The van der Waals surface area contributed by atoms with Gasteiger partial charge < -0.3 is 24.5 Å². The Kier molecular flexibility index (Phi) is 9.11. The lowest BCUT2D eigenvalue weighted by atomic mass is 10.0. The maximum absolute atomic E-state index is 8.85. The molecule has 2 N–H and O–H groups in total. The highest BCUT2D eigenvalue weighted by Gasteiger charge is 2.19. The minimum absolute atomic E-state index is 0.0150. The second-order valence-electron chi connectivity index (χ2n) is 11.2. The standard InChI is InChI=1S/C34H39N7O3/c1-23-22-44-32-8-7-28(18-30(23)32)31-19-33(39-25(3)38-31)37-24(2)26-5-4-6-27(17-26)29-20-35-34(36-21-29)41-11-9-40(10-12-41)13-15-43-16-14-42/h4-8,17-22,24,42H,9-16H2,1-3H3,(H,37,38,39). The first-order chi connectivity index (χ1) is 21.5. The van der Waals surface area contributed by atoms with Gasteiger partial charge in [-0.2, -0.15) is 0 Å². The van der Waals surface area contributed by atoms with E-state index in [9.17, 15) is 0 Å². The van der Waals surface area contributed by atoms with Crippen molar-refractivity contribution < 1.29 is 14.3 Å². The van der Waals surface area contributed by atoms with Gasteiger partial charge in [-0.3, -0.25) is 4.90 Å². The van der Waals surface area contributed by atoms with Crippen molar-refractivity contribution in [2.24, 2.45) is 0 Å². The third kappa shape index (κ3) is 6.88. The molecular weight excluding hydrogens is 554 g/mol. The van der Waals surface area contributed by atoms with E-state index in [2.05, 4.69) is 57.4 Å². The third-order valence-electron chi connectivity index (χ3n) is 8.07. The van der Waals surface area contributed by atoms with E-state index >= 15 is 0 Å². The fraction of sp³-hybridized carbons (Fsp3) is 0.353. The van der Waals surface area contributed by atoms with Crippen LogP contribution in [0.1, 0.15) is 29.9 Å². The molecule has 0 aliphatic carbocycles. The summed E-state index contributed by atoms with van der Waals surface area (Å²) in [6.07, 6.45) is 5.60. The molecule has 6 rings (SSSR count). The zero-order valence-corrected chi connectivity index (χ0v) is 25.5. The summed E-state index contributed by atoms with van der Waals surface area (Å²) in [7, 11) is 0. The van der Waals surface area contributed by atoms with Crippen LogP contribution in [0.25, 0.3) is 33.4 Å². The van der Waals surface area contributed by atoms with Gasteiger partial charge in [0.2, 0.25) is 5.95 Å². The van der Waals surface area contributed by atoms with Crippen LogP contribution < -0.4 is 10.2 Å². The van der Waals surface area contributed by atoms with Crippen LogP contribution in [-0.4, -0.2) is 82.5 Å². The molecule has 1 atom stereocenters. The Morgan fingerprint density at radius 3 is 2.55 bits per heavy atom. The molecule has 3 aromatic heterocycles. The highest BCUT2D eigenvalue weighted by Crippen LogP contribution is 2.29. The van der Waals surface area contributed by atoms with Crippen molar-refractivity contribution in [3.8, 4) is 22.4 Å². The second-order valence-corrected chi connectivity index (χ2v) is 11.2. The van der Waals surface area contributed by atoms with Crippen molar-refractivity contribution in [1.82, 2.24) is 24.8 Å². The Morgan fingerprint density at radius 2 is 1.75 bits per heavy atom. The first kappa shape index (κ1) is 29.7. The molecule has 10 nitrogen and oxygen atoms in total. The molecule has 1 saturated heterocycles. The van der Waals surface area contributed by atoms with Crippen LogP contribution in [0, 0.1) is 13.8 Å². The van der Waals surface area contributed by atoms with Gasteiger partial charge in [-0.15, -0.1) is 0 Å². The third-order valence-corrected chi connectivity index (χ3v) is 8.07. The van der Waals surface area contributed by atoms with Crippen molar-refractivity contribution in [2.75, 3.05) is 62.8 Å². The zero-order chi connectivity index (χ0) is 30.5. The Labute approximate surface area is 257 Å². The number of rotatable bonds is 11. The second kappa shape index (κ2) is 13.5. The Balaban J connectivity index is 1.10. The van der Waals surface area contributed by atoms with Crippen molar-refractivity contribution in [3.63, 3.8) is 0 Å². The smallest absolute Gasteiger partial charge is 0.225 e. The van der Waals surface area contributed by atoms with E-state index in [1.807, 2.05) is 44.4 Å². The molecule has 228 valence electrons. The summed E-state index contributed by atoms with van der Waals surface area (Å²) in [5.41, 5.74) is 7.06. The van der Waals surface area contributed by atoms with Crippen molar-refractivity contribution in [1.29, 1.82) is 0 Å². The topological polar surface area (TPSA) is 113 Å². The van der Waals surface area contributed by atoms with E-state index < -0.39 is 0 Å². The van der Waals surface area contributed by atoms with Gasteiger partial charge in [0.15, 0.2) is 0 Å². The molecule has 5 aromatic rings. The maximum atomic E-state index is 8.85. The van der Waals surface area contributed by atoms with E-state index in [0.717, 1.165) is 89.0 Å². The number of piperazine rings is 1. The van der Waals surface area contributed by atoms with Gasteiger partial charge in [0, 0.05) is 73.7 Å². The van der Waals surface area contributed by atoms with E-state index in [1.54, 1.807) is 6.26 Å². The van der Waals surface area contributed by atoms with Gasteiger partial charge in [0.1, 0.15) is 17.2 Å². The molecule has 44 heavy (non-hydrogen) atoms. The highest BCUT2D eigenvalue weighted by molar-refractivity contribution is 5.85. The lowest BCUT2D eigenvalue weighted by Gasteiger charge is -2.34. The van der Waals surface area contributed by atoms with E-state index in [4.69, 9.17) is 29.2 Å². The summed E-state index contributed by atoms with van der Waals surface area (Å²) in [6.45, 7) is 11.7. The summed E-state index contributed by atoms with van der Waals surface area (Å²) in [4.78, 5) is 23.4. The molecule has 10 heteroatoms. The fourth-order valence-corrected chi connectivity index (χ4v) is 5.56. The van der Waals surface area contributed by atoms with E-state index in [0.29, 0.717) is 19.0 Å². The number of aliphatic hydroxyl groups excluding tert-OH is 1. The first-order valence-corrected chi connectivity index (χ1v) is 15.2. The quantitative estimate of drug-likeness (QED) is 0.197. The molecule has 2 aromatic carbocycles. The van der Waals surface area contributed by atoms with Crippen LogP contribution in [0.3, 0.4) is 0 Å². The lowest BCUT2D eigenvalue weighted by molar-refractivity contribution is 0.0724. The molecule has 0 saturated carbocycles. The Morgan fingerprint density at radius 1 is 0.932 bits per heavy atom. The van der Waals surface area contributed by atoms with Crippen molar-refractivity contribution >= 4 is 22.7 Å². The van der Waals surface area contributed by atoms with Gasteiger partial charge in [-0.25, -0.2) is 19.9 Å². The number of benzene rings is 2. The molecule has 0 radical (unpaired) electrons. The molecule has 1 fully saturated rings. The number of aromatic nitrogens is 4. The predicted octanol–water partition coefficient (Wildman–Crippen LogP) is 5.27. The van der Waals surface area contributed by atoms with Gasteiger partial charge >= 0.3 is 0 Å². The molecule has 1 aliphatic rings. The van der Waals surface area contributed by atoms with Crippen LogP contribution in [-0.2, 0) is 4.74 Å². The largest absolute Gasteiger partial charge is 0.464 e. The number of ether oxygens (including phenoxy) is 1. The van der Waals surface area contributed by atoms with Crippen LogP contribution in [0.5, 0.6) is 0 Å². The number of nitrogens with zero attached hydrogens (tertiary/aromatic N) is 6. The maximum Gasteiger partial charge on any atom is 0.225 e. The van der Waals surface area contributed by atoms with Gasteiger partial charge in [0.05, 0.1) is 31.8 Å². The van der Waals surface area contributed by atoms with E-state index in [1.165, 1.54) is 0 Å². The van der Waals surface area contributed by atoms with Gasteiger partial charge in [-0.05, 0) is 61.7 Å². The average molecular weight is 594 g/mol. The van der Waals surface area contributed by atoms with Crippen molar-refractivity contribution in [2.45, 2.75) is 26.8 Å². The predicted molar refractivity (Wildman–Crippen MR) is 173 cm³/mol. The fourth-order valence-electron chi connectivity index (χ4n) is 5.56. The first-order valence-electron chi connectivity index (χ1n) is 15.2. The summed E-state index contributed by atoms with van der Waals surface area (Å²) in [6, 6.07) is 16.6. The number of fused-ring (bicyclic) bond motifs is 1. The SMILES string of the molecule is Cc1nc(NC(C)c2cccc(-c3cnc(N4CCN(CCOCCO)CC4)nc3)c2)cc(-c2ccc3occ(C)c3c2)n1. The summed E-state index contributed by atoms with van der Waals surface area (Å²) >= 11 is 0. The minimum Gasteiger partial charge on any atom is -0.464 e. The van der Waals surface area contributed by atoms with Crippen molar-refractivity contribution in [3.05, 3.63) is 84.1 Å². The molecule has 0 bridgehead atoms. The number of anilines is 2. The number of hydrogen-bond acceptors (Lipinski definition) is 10.